The number of hydrogen-bond donors (Lipinski definition) is 3. The van der Waals surface area contributed by atoms with Gasteiger partial charge in [0.2, 0.25) is 5.91 Å². The lowest BCUT2D eigenvalue weighted by atomic mass is 10.0. The van der Waals surface area contributed by atoms with Crippen molar-refractivity contribution >= 4 is 11.9 Å². The Kier molecular flexibility index (Phi) is 46.6. The van der Waals surface area contributed by atoms with Crippen LogP contribution in [0.15, 0.2) is 36.5 Å². The first kappa shape index (κ1) is 58.1. The molecule has 0 fully saturated rings. The third-order valence-electron chi connectivity index (χ3n) is 12.0. The lowest BCUT2D eigenvalue weighted by Crippen LogP contribution is -2.46. The number of rotatable bonds is 47. The van der Waals surface area contributed by atoms with E-state index in [2.05, 4.69) is 62.5 Å². The summed E-state index contributed by atoms with van der Waals surface area (Å²) in [6.45, 7) is 6.38. The molecule has 1 amide bonds. The average Bonchev–Trinajstić information content (AvgIpc) is 3.24. The molecule has 0 aliphatic heterocycles. The number of aliphatic hydroxyl groups is 2. The van der Waals surface area contributed by atoms with E-state index in [0.717, 1.165) is 77.0 Å². The molecule has 0 spiro atoms. The third kappa shape index (κ3) is 42.8. The summed E-state index contributed by atoms with van der Waals surface area (Å²) in [7, 11) is 0. The van der Waals surface area contributed by atoms with Gasteiger partial charge in [-0.25, -0.2) is 0 Å². The standard InChI is InChI=1S/C54H101NO5/c1-4-7-10-13-16-19-22-25-27-28-31-34-37-40-43-46-52(57)51(49-56)55-53(58)48-50(45-42-39-36-33-30-24-21-18-15-12-9-6-3)60-54(59)47-44-41-38-35-32-29-26-23-20-17-14-11-8-5-2/h8,11,17,20,33,36,50-52,56-57H,4-7,9-10,12-16,18-19,21-32,34-35,37-49H2,1-3H3,(H,55,58)/b11-8+,20-17+,36-33-. The molecule has 3 atom stereocenters. The van der Waals surface area contributed by atoms with Crippen LogP contribution in [0, 0.1) is 0 Å². The van der Waals surface area contributed by atoms with Gasteiger partial charge in [0.05, 0.1) is 25.2 Å². The normalized spacial score (nSPS) is 13.5. The van der Waals surface area contributed by atoms with Crippen LogP contribution in [0.3, 0.4) is 0 Å². The van der Waals surface area contributed by atoms with E-state index in [9.17, 15) is 19.8 Å². The Labute approximate surface area is 373 Å². The van der Waals surface area contributed by atoms with Gasteiger partial charge in [-0.05, 0) is 70.6 Å². The molecule has 0 heterocycles. The maximum atomic E-state index is 13.2. The maximum Gasteiger partial charge on any atom is 0.306 e. The number of hydrogen-bond acceptors (Lipinski definition) is 5. The molecule has 3 N–H and O–H groups in total. The van der Waals surface area contributed by atoms with E-state index in [1.807, 2.05) is 0 Å². The van der Waals surface area contributed by atoms with E-state index in [0.29, 0.717) is 19.3 Å². The van der Waals surface area contributed by atoms with Gasteiger partial charge >= 0.3 is 5.97 Å². The number of aliphatic hydroxyl groups excluding tert-OH is 2. The van der Waals surface area contributed by atoms with Gasteiger partial charge in [-0.3, -0.25) is 9.59 Å². The van der Waals surface area contributed by atoms with Crippen LogP contribution in [-0.2, 0) is 14.3 Å². The molecule has 60 heavy (non-hydrogen) atoms. The first-order chi connectivity index (χ1) is 29.5. The van der Waals surface area contributed by atoms with Gasteiger partial charge in [-0.2, -0.15) is 0 Å². The molecule has 6 nitrogen and oxygen atoms in total. The largest absolute Gasteiger partial charge is 0.462 e. The van der Waals surface area contributed by atoms with Gasteiger partial charge in [0.1, 0.15) is 6.10 Å². The van der Waals surface area contributed by atoms with Crippen molar-refractivity contribution in [2.75, 3.05) is 6.61 Å². The minimum Gasteiger partial charge on any atom is -0.462 e. The second-order valence-corrected chi connectivity index (χ2v) is 17.9. The zero-order valence-corrected chi connectivity index (χ0v) is 40.1. The molecule has 352 valence electrons. The molecule has 0 bridgehead atoms. The first-order valence-electron chi connectivity index (χ1n) is 26.2. The van der Waals surface area contributed by atoms with Crippen molar-refractivity contribution in [1.82, 2.24) is 5.32 Å². The summed E-state index contributed by atoms with van der Waals surface area (Å²) in [5.41, 5.74) is 0. The Morgan fingerprint density at radius 3 is 1.40 bits per heavy atom. The Hall–Kier alpha value is -1.92. The van der Waals surface area contributed by atoms with Crippen LogP contribution in [-0.4, -0.2) is 46.9 Å². The molecule has 3 unspecified atom stereocenters. The van der Waals surface area contributed by atoms with Crippen molar-refractivity contribution in [2.45, 2.75) is 289 Å². The number of unbranched alkanes of at least 4 members (excludes halogenated alkanes) is 29. The molecule has 0 saturated heterocycles. The molecule has 0 radical (unpaired) electrons. The molecule has 0 aliphatic carbocycles. The van der Waals surface area contributed by atoms with Gasteiger partial charge in [0, 0.05) is 6.42 Å². The summed E-state index contributed by atoms with van der Waals surface area (Å²) < 4.78 is 5.91. The Morgan fingerprint density at radius 1 is 0.500 bits per heavy atom. The van der Waals surface area contributed by atoms with Crippen LogP contribution in [0.5, 0.6) is 0 Å². The minimum absolute atomic E-state index is 0.0558. The van der Waals surface area contributed by atoms with Crippen LogP contribution in [0.25, 0.3) is 0 Å². The topological polar surface area (TPSA) is 95.9 Å². The molecule has 0 aromatic heterocycles. The van der Waals surface area contributed by atoms with Crippen LogP contribution < -0.4 is 5.32 Å². The summed E-state index contributed by atoms with van der Waals surface area (Å²) in [5, 5.41) is 23.8. The summed E-state index contributed by atoms with van der Waals surface area (Å²) in [4.78, 5) is 26.1. The van der Waals surface area contributed by atoms with E-state index in [4.69, 9.17) is 4.74 Å². The van der Waals surface area contributed by atoms with E-state index in [-0.39, 0.29) is 24.9 Å². The smallest absolute Gasteiger partial charge is 0.306 e. The van der Waals surface area contributed by atoms with Gasteiger partial charge in [-0.1, -0.05) is 224 Å². The lowest BCUT2D eigenvalue weighted by Gasteiger charge is -2.24. The molecule has 0 aliphatic rings. The highest BCUT2D eigenvalue weighted by atomic mass is 16.5. The molecule has 0 aromatic rings. The zero-order valence-electron chi connectivity index (χ0n) is 40.1. The number of nitrogens with one attached hydrogen (secondary N) is 1. The lowest BCUT2D eigenvalue weighted by molar-refractivity contribution is -0.151. The molecule has 6 heteroatoms. The number of ether oxygens (including phenoxy) is 1. The number of allylic oxidation sites excluding steroid dienone is 6. The molecule has 0 aromatic carbocycles. The fourth-order valence-electron chi connectivity index (χ4n) is 8.00. The fraction of sp³-hybridized carbons (Fsp3) is 0.852. The van der Waals surface area contributed by atoms with Crippen molar-refractivity contribution in [3.05, 3.63) is 36.5 Å². The monoisotopic (exact) mass is 844 g/mol. The number of carbonyl (C=O) groups excluding carboxylic acids is 2. The van der Waals surface area contributed by atoms with E-state index >= 15 is 0 Å². The summed E-state index contributed by atoms with van der Waals surface area (Å²) in [6, 6.07) is -0.709. The first-order valence-corrected chi connectivity index (χ1v) is 26.2. The summed E-state index contributed by atoms with van der Waals surface area (Å²) in [6.07, 6.45) is 56.4. The van der Waals surface area contributed by atoms with Crippen molar-refractivity contribution in [3.63, 3.8) is 0 Å². The van der Waals surface area contributed by atoms with Crippen molar-refractivity contribution in [2.24, 2.45) is 0 Å². The van der Waals surface area contributed by atoms with Crippen molar-refractivity contribution in [1.29, 1.82) is 0 Å². The summed E-state index contributed by atoms with van der Waals surface area (Å²) in [5.74, 6) is -0.504. The predicted octanol–water partition coefficient (Wildman–Crippen LogP) is 15.7. The number of carbonyl (C=O) groups is 2. The highest BCUT2D eigenvalue weighted by Crippen LogP contribution is 2.17. The number of amides is 1. The van der Waals surface area contributed by atoms with Crippen LogP contribution in [0.2, 0.25) is 0 Å². The Bertz CT molecular complexity index is 993. The molecule has 0 rings (SSSR count). The highest BCUT2D eigenvalue weighted by Gasteiger charge is 2.24. The molecule has 0 saturated carbocycles. The maximum absolute atomic E-state index is 13.2. The van der Waals surface area contributed by atoms with E-state index < -0.39 is 18.2 Å². The Morgan fingerprint density at radius 2 is 0.917 bits per heavy atom. The molecular weight excluding hydrogens is 743 g/mol. The second-order valence-electron chi connectivity index (χ2n) is 17.9. The highest BCUT2D eigenvalue weighted by molar-refractivity contribution is 5.77. The van der Waals surface area contributed by atoms with Crippen molar-refractivity contribution < 1.29 is 24.5 Å². The SMILES string of the molecule is CC/C=C/C/C=C/CCCCCCCCCC(=O)OC(CCC/C=C\CCCCCCCCC)CC(=O)NC(CO)C(O)CCCCCCCCCCCCCCCCC. The van der Waals surface area contributed by atoms with Gasteiger partial charge in [0.15, 0.2) is 0 Å². The zero-order chi connectivity index (χ0) is 43.8. The minimum atomic E-state index is -0.793. The van der Waals surface area contributed by atoms with Gasteiger partial charge < -0.3 is 20.3 Å². The third-order valence-corrected chi connectivity index (χ3v) is 12.0. The van der Waals surface area contributed by atoms with Gasteiger partial charge in [0.25, 0.3) is 0 Å². The van der Waals surface area contributed by atoms with Crippen LogP contribution in [0.1, 0.15) is 271 Å². The van der Waals surface area contributed by atoms with E-state index in [1.54, 1.807) is 0 Å². The van der Waals surface area contributed by atoms with Crippen LogP contribution in [0.4, 0.5) is 0 Å². The van der Waals surface area contributed by atoms with Gasteiger partial charge in [-0.15, -0.1) is 0 Å². The fourth-order valence-corrected chi connectivity index (χ4v) is 8.00. The Balaban J connectivity index is 4.55. The van der Waals surface area contributed by atoms with E-state index in [1.165, 1.54) is 148 Å². The average molecular weight is 844 g/mol. The number of esters is 1. The quantitative estimate of drug-likeness (QED) is 0.0322. The predicted molar refractivity (Wildman–Crippen MR) is 259 cm³/mol. The van der Waals surface area contributed by atoms with Crippen LogP contribution >= 0.6 is 0 Å². The van der Waals surface area contributed by atoms with Crippen molar-refractivity contribution in [3.8, 4) is 0 Å². The second kappa shape index (κ2) is 48.1. The summed E-state index contributed by atoms with van der Waals surface area (Å²) >= 11 is 0. The molecular formula is C54H101NO5.